The number of morpholine rings is 1. The highest BCUT2D eigenvalue weighted by atomic mass is 32.2. The largest absolute Gasteiger partial charge is 0.378 e. The summed E-state index contributed by atoms with van der Waals surface area (Å²) in [6.45, 7) is 12.0. The standard InChI is InChI=1S/C20H29N5O2S/c1-5-25-19(24-10-12-27-13-11-24)22-23-20(25)28-15(4)18(26)21-17-9-7-6-8-16(17)14(2)3/h6-9,14-15H,5,10-13H2,1-4H3,(H,21,26)/t15-/m1/s1. The molecule has 0 aliphatic carbocycles. The zero-order valence-electron chi connectivity index (χ0n) is 17.0. The highest BCUT2D eigenvalue weighted by Crippen LogP contribution is 2.28. The van der Waals surface area contributed by atoms with Crippen molar-refractivity contribution in [1.29, 1.82) is 0 Å². The normalized spacial score (nSPS) is 15.7. The zero-order chi connectivity index (χ0) is 20.1. The van der Waals surface area contributed by atoms with Gasteiger partial charge in [-0.15, -0.1) is 10.2 Å². The Morgan fingerprint density at radius 1 is 1.21 bits per heavy atom. The lowest BCUT2D eigenvalue weighted by atomic mass is 10.0. The van der Waals surface area contributed by atoms with Crippen molar-refractivity contribution in [1.82, 2.24) is 14.8 Å². The van der Waals surface area contributed by atoms with Crippen molar-refractivity contribution in [3.8, 4) is 0 Å². The SMILES string of the molecule is CCn1c(S[C@H](C)C(=O)Nc2ccccc2C(C)C)nnc1N1CCOCC1. The number of nitrogens with zero attached hydrogens (tertiary/aromatic N) is 4. The van der Waals surface area contributed by atoms with E-state index in [0.29, 0.717) is 19.1 Å². The van der Waals surface area contributed by atoms with E-state index in [-0.39, 0.29) is 11.2 Å². The van der Waals surface area contributed by atoms with Crippen molar-refractivity contribution < 1.29 is 9.53 Å². The molecule has 1 aliphatic heterocycles. The molecule has 0 spiro atoms. The molecule has 152 valence electrons. The number of thioether (sulfide) groups is 1. The van der Waals surface area contributed by atoms with Gasteiger partial charge in [0, 0.05) is 25.3 Å². The predicted octanol–water partition coefficient (Wildman–Crippen LogP) is 3.38. The fraction of sp³-hybridized carbons (Fsp3) is 0.550. The monoisotopic (exact) mass is 403 g/mol. The summed E-state index contributed by atoms with van der Waals surface area (Å²) in [6.07, 6.45) is 0. The molecule has 1 saturated heterocycles. The maximum absolute atomic E-state index is 12.8. The molecule has 8 heteroatoms. The molecule has 1 N–H and O–H groups in total. The zero-order valence-corrected chi connectivity index (χ0v) is 17.8. The summed E-state index contributed by atoms with van der Waals surface area (Å²) < 4.78 is 7.49. The second kappa shape index (κ2) is 9.43. The average molecular weight is 404 g/mol. The van der Waals surface area contributed by atoms with Gasteiger partial charge in [-0.05, 0) is 31.4 Å². The number of para-hydroxylation sites is 1. The number of nitrogens with one attached hydrogen (secondary N) is 1. The van der Waals surface area contributed by atoms with E-state index >= 15 is 0 Å². The third kappa shape index (κ3) is 4.67. The van der Waals surface area contributed by atoms with Gasteiger partial charge in [-0.1, -0.05) is 43.8 Å². The number of hydrogen-bond acceptors (Lipinski definition) is 6. The van der Waals surface area contributed by atoms with Crippen LogP contribution in [0, 0.1) is 0 Å². The molecule has 0 unspecified atom stereocenters. The van der Waals surface area contributed by atoms with E-state index in [0.717, 1.165) is 42.0 Å². The van der Waals surface area contributed by atoms with E-state index in [1.807, 2.05) is 25.1 Å². The minimum Gasteiger partial charge on any atom is -0.378 e. The van der Waals surface area contributed by atoms with Gasteiger partial charge in [0.25, 0.3) is 0 Å². The molecule has 1 amide bonds. The number of rotatable bonds is 7. The van der Waals surface area contributed by atoms with Crippen LogP contribution in [0.25, 0.3) is 0 Å². The molecule has 3 rings (SSSR count). The van der Waals surface area contributed by atoms with Crippen LogP contribution in [0.15, 0.2) is 29.4 Å². The number of hydrogen-bond donors (Lipinski definition) is 1. The molecular weight excluding hydrogens is 374 g/mol. The molecule has 2 aromatic rings. The summed E-state index contributed by atoms with van der Waals surface area (Å²) in [5, 5.41) is 12.3. The lowest BCUT2D eigenvalue weighted by Gasteiger charge is -2.27. The number of aromatic nitrogens is 3. The van der Waals surface area contributed by atoms with Gasteiger partial charge in [0.05, 0.1) is 18.5 Å². The highest BCUT2D eigenvalue weighted by Gasteiger charge is 2.23. The van der Waals surface area contributed by atoms with E-state index in [9.17, 15) is 4.79 Å². The fourth-order valence-electron chi connectivity index (χ4n) is 3.20. The van der Waals surface area contributed by atoms with Crippen LogP contribution in [0.4, 0.5) is 11.6 Å². The van der Waals surface area contributed by atoms with Gasteiger partial charge >= 0.3 is 0 Å². The van der Waals surface area contributed by atoms with Gasteiger partial charge in [-0.3, -0.25) is 9.36 Å². The molecule has 1 aliphatic rings. The van der Waals surface area contributed by atoms with Crippen LogP contribution in [-0.4, -0.2) is 52.2 Å². The van der Waals surface area contributed by atoms with Crippen LogP contribution in [0.5, 0.6) is 0 Å². The Morgan fingerprint density at radius 3 is 2.61 bits per heavy atom. The van der Waals surface area contributed by atoms with Crippen molar-refractivity contribution in [3.63, 3.8) is 0 Å². The molecule has 0 bridgehead atoms. The summed E-state index contributed by atoms with van der Waals surface area (Å²) in [7, 11) is 0. The van der Waals surface area contributed by atoms with Gasteiger partial charge in [0.15, 0.2) is 5.16 Å². The number of amides is 1. The number of ether oxygens (including phenoxy) is 1. The van der Waals surface area contributed by atoms with Crippen molar-refractivity contribution >= 4 is 29.3 Å². The molecule has 1 atom stereocenters. The maximum atomic E-state index is 12.8. The molecule has 2 heterocycles. The summed E-state index contributed by atoms with van der Waals surface area (Å²) in [6, 6.07) is 7.96. The molecule has 1 aromatic carbocycles. The Bertz CT molecular complexity index is 802. The summed E-state index contributed by atoms with van der Waals surface area (Å²) in [5.74, 6) is 1.17. The number of benzene rings is 1. The van der Waals surface area contributed by atoms with Gasteiger partial charge in [0.2, 0.25) is 11.9 Å². The Balaban J connectivity index is 1.70. The quantitative estimate of drug-likeness (QED) is 0.715. The molecule has 1 fully saturated rings. The molecule has 7 nitrogen and oxygen atoms in total. The van der Waals surface area contributed by atoms with Crippen LogP contribution in [-0.2, 0) is 16.1 Å². The highest BCUT2D eigenvalue weighted by molar-refractivity contribution is 8.00. The van der Waals surface area contributed by atoms with E-state index in [4.69, 9.17) is 4.74 Å². The van der Waals surface area contributed by atoms with Gasteiger partial charge in [-0.25, -0.2) is 0 Å². The summed E-state index contributed by atoms with van der Waals surface area (Å²) >= 11 is 1.44. The number of anilines is 2. The first-order chi connectivity index (χ1) is 13.5. The lowest BCUT2D eigenvalue weighted by Crippen LogP contribution is -2.38. The topological polar surface area (TPSA) is 72.3 Å². The molecule has 28 heavy (non-hydrogen) atoms. The first-order valence-corrected chi connectivity index (χ1v) is 10.7. The van der Waals surface area contributed by atoms with Crippen LogP contribution >= 0.6 is 11.8 Å². The van der Waals surface area contributed by atoms with Crippen molar-refractivity contribution in [2.24, 2.45) is 0 Å². The molecule has 0 saturated carbocycles. The van der Waals surface area contributed by atoms with Crippen LogP contribution < -0.4 is 10.2 Å². The first kappa shape index (κ1) is 20.7. The Labute approximate surface area is 170 Å². The predicted molar refractivity (Wildman–Crippen MR) is 113 cm³/mol. The van der Waals surface area contributed by atoms with Gasteiger partial charge < -0.3 is 15.0 Å². The van der Waals surface area contributed by atoms with Crippen LogP contribution in [0.1, 0.15) is 39.2 Å². The Kier molecular flexibility index (Phi) is 6.96. The Hall–Kier alpha value is -2.06. The van der Waals surface area contributed by atoms with Gasteiger partial charge in [0.1, 0.15) is 0 Å². The Morgan fingerprint density at radius 2 is 1.93 bits per heavy atom. The fourth-order valence-corrected chi connectivity index (χ4v) is 4.11. The molecule has 0 radical (unpaired) electrons. The van der Waals surface area contributed by atoms with Crippen LogP contribution in [0.3, 0.4) is 0 Å². The second-order valence-electron chi connectivity index (χ2n) is 7.12. The van der Waals surface area contributed by atoms with E-state index < -0.39 is 0 Å². The second-order valence-corrected chi connectivity index (χ2v) is 8.43. The van der Waals surface area contributed by atoms with Gasteiger partial charge in [-0.2, -0.15) is 0 Å². The van der Waals surface area contributed by atoms with Crippen molar-refractivity contribution in [3.05, 3.63) is 29.8 Å². The summed E-state index contributed by atoms with van der Waals surface area (Å²) in [5.41, 5.74) is 2.01. The molecular formula is C20H29N5O2S. The minimum absolute atomic E-state index is 0.0309. The van der Waals surface area contributed by atoms with E-state index in [1.54, 1.807) is 0 Å². The maximum Gasteiger partial charge on any atom is 0.237 e. The van der Waals surface area contributed by atoms with E-state index in [1.165, 1.54) is 11.8 Å². The van der Waals surface area contributed by atoms with Crippen LogP contribution in [0.2, 0.25) is 0 Å². The number of carbonyl (C=O) groups is 1. The minimum atomic E-state index is -0.285. The smallest absolute Gasteiger partial charge is 0.237 e. The third-order valence-electron chi connectivity index (χ3n) is 4.80. The lowest BCUT2D eigenvalue weighted by molar-refractivity contribution is -0.115. The number of carbonyl (C=O) groups excluding carboxylic acids is 1. The third-order valence-corrected chi connectivity index (χ3v) is 5.88. The van der Waals surface area contributed by atoms with E-state index in [2.05, 4.69) is 51.8 Å². The summed E-state index contributed by atoms with van der Waals surface area (Å²) in [4.78, 5) is 15.0. The first-order valence-electron chi connectivity index (χ1n) is 9.83. The van der Waals surface area contributed by atoms with Crippen molar-refractivity contribution in [2.45, 2.75) is 50.6 Å². The molecule has 1 aromatic heterocycles. The average Bonchev–Trinajstić information content (AvgIpc) is 3.11. The van der Waals surface area contributed by atoms with Crippen molar-refractivity contribution in [2.75, 3.05) is 36.5 Å².